The van der Waals surface area contributed by atoms with E-state index < -0.39 is 5.97 Å². The number of Topliss-reactive ketones (excluding diaryl/α,β-unsaturated/α-hetero) is 2. The summed E-state index contributed by atoms with van der Waals surface area (Å²) in [4.78, 5) is 43.8. The van der Waals surface area contributed by atoms with Gasteiger partial charge in [0.1, 0.15) is 0 Å². The van der Waals surface area contributed by atoms with E-state index in [-0.39, 0.29) is 48.3 Å². The molecule has 7 heteroatoms. The van der Waals surface area contributed by atoms with Crippen molar-refractivity contribution in [3.63, 3.8) is 0 Å². The Morgan fingerprint density at radius 3 is 2.69 bits per heavy atom. The summed E-state index contributed by atoms with van der Waals surface area (Å²) in [6.07, 6.45) is 3.62. The second-order valence-corrected chi connectivity index (χ2v) is 9.74. The number of benzene rings is 1. The number of hydrogen-bond acceptors (Lipinski definition) is 5. The molecule has 0 aliphatic heterocycles. The van der Waals surface area contributed by atoms with E-state index in [0.29, 0.717) is 30.2 Å². The van der Waals surface area contributed by atoms with Crippen molar-refractivity contribution in [2.45, 2.75) is 54.0 Å². The fourth-order valence-corrected chi connectivity index (χ4v) is 4.66. The molecule has 1 aliphatic rings. The van der Waals surface area contributed by atoms with Gasteiger partial charge in [-0.3, -0.25) is 0 Å². The van der Waals surface area contributed by atoms with Crippen LogP contribution in [0.1, 0.15) is 68.6 Å². The van der Waals surface area contributed by atoms with Crippen LogP contribution in [0.5, 0.6) is 0 Å². The van der Waals surface area contributed by atoms with Crippen LogP contribution in [-0.4, -0.2) is 47.1 Å². The van der Waals surface area contributed by atoms with Crippen LogP contribution >= 0.6 is 0 Å². The number of fused-ring (bicyclic) bond motifs is 1. The zero-order valence-electron chi connectivity index (χ0n) is 21.4. The summed E-state index contributed by atoms with van der Waals surface area (Å²) in [6.45, 7) is 16.1. The molecule has 0 spiro atoms. The average molecular weight is 474 g/mol. The van der Waals surface area contributed by atoms with Gasteiger partial charge in [-0.2, -0.15) is 0 Å². The van der Waals surface area contributed by atoms with Crippen LogP contribution < -0.4 is 5.46 Å². The van der Waals surface area contributed by atoms with Crippen LogP contribution in [0, 0.1) is 23.7 Å². The second kappa shape index (κ2) is 11.6. The van der Waals surface area contributed by atoms with E-state index in [1.165, 1.54) is 6.08 Å². The molecule has 0 radical (unpaired) electrons. The summed E-state index contributed by atoms with van der Waals surface area (Å²) >= 11 is 0. The Morgan fingerprint density at radius 1 is 1.29 bits per heavy atom. The van der Waals surface area contributed by atoms with Gasteiger partial charge in [0.05, 0.1) is 0 Å². The molecule has 0 fully saturated rings. The summed E-state index contributed by atoms with van der Waals surface area (Å²) in [7, 11) is 0. The Balaban J connectivity index is 2.16. The second-order valence-electron chi connectivity index (χ2n) is 9.74. The Bertz CT molecular complexity index is 1150. The SMILES string of the molecule is C=Bc1cccc(Cn2c(C=CC(=O)OCC)nc3c2C(=O)CC(C(C)C)C(=O)C(C)C(C)C3)c1. The van der Waals surface area contributed by atoms with E-state index >= 15 is 0 Å². The molecule has 3 rings (SSSR count). The van der Waals surface area contributed by atoms with Gasteiger partial charge >= 0.3 is 209 Å². The molecule has 35 heavy (non-hydrogen) atoms. The van der Waals surface area contributed by atoms with Gasteiger partial charge in [0.2, 0.25) is 0 Å². The number of ketones is 2. The van der Waals surface area contributed by atoms with Gasteiger partial charge in [0.25, 0.3) is 0 Å². The van der Waals surface area contributed by atoms with Crippen molar-refractivity contribution in [2.24, 2.45) is 23.7 Å². The summed E-state index contributed by atoms with van der Waals surface area (Å²) < 4.78 is 6.91. The number of imidazole rings is 1. The predicted octanol–water partition coefficient (Wildman–Crippen LogP) is 3.51. The van der Waals surface area contributed by atoms with Crippen molar-refractivity contribution in [3.8, 4) is 0 Å². The van der Waals surface area contributed by atoms with Gasteiger partial charge in [-0.1, -0.05) is 0 Å². The summed E-state index contributed by atoms with van der Waals surface area (Å²) in [5.74, 6) is -0.290. The first-order chi connectivity index (χ1) is 16.7. The summed E-state index contributed by atoms with van der Waals surface area (Å²) in [6, 6.07) is 7.92. The van der Waals surface area contributed by atoms with Crippen LogP contribution in [0.2, 0.25) is 0 Å². The van der Waals surface area contributed by atoms with Gasteiger partial charge in [0, 0.05) is 0 Å². The van der Waals surface area contributed by atoms with Crippen LogP contribution in [-0.2, 0) is 27.3 Å². The topological polar surface area (TPSA) is 78.3 Å². The minimum absolute atomic E-state index is 0.0303. The Labute approximate surface area is 208 Å². The molecule has 3 unspecified atom stereocenters. The zero-order chi connectivity index (χ0) is 25.7. The van der Waals surface area contributed by atoms with E-state index in [9.17, 15) is 14.4 Å². The minimum atomic E-state index is -0.460. The number of aromatic nitrogens is 2. The van der Waals surface area contributed by atoms with Crippen LogP contribution in [0.3, 0.4) is 0 Å². The molecule has 0 amide bonds. The molecule has 1 heterocycles. The van der Waals surface area contributed by atoms with Gasteiger partial charge in [-0.15, -0.1) is 0 Å². The molecule has 0 N–H and O–H groups in total. The third-order valence-electron chi connectivity index (χ3n) is 6.91. The zero-order valence-corrected chi connectivity index (χ0v) is 21.4. The molecule has 0 saturated heterocycles. The third-order valence-corrected chi connectivity index (χ3v) is 6.91. The quantitative estimate of drug-likeness (QED) is 0.349. The maximum absolute atomic E-state index is 13.7. The maximum atomic E-state index is 13.7. The normalized spacial score (nSPS) is 20.8. The molecule has 1 aliphatic carbocycles. The van der Waals surface area contributed by atoms with E-state index in [4.69, 9.17) is 9.72 Å². The Hall–Kier alpha value is -3.09. The number of rotatable bonds is 7. The van der Waals surface area contributed by atoms with Crippen molar-refractivity contribution in [3.05, 3.63) is 53.1 Å². The molecular weight excluding hydrogens is 439 g/mol. The molecule has 6 nitrogen and oxygen atoms in total. The molecule has 3 atom stereocenters. The van der Waals surface area contributed by atoms with Crippen molar-refractivity contribution in [1.82, 2.24) is 9.55 Å². The number of esters is 1. The Morgan fingerprint density at radius 2 is 2.03 bits per heavy atom. The molecule has 2 aromatic rings. The van der Waals surface area contributed by atoms with Crippen LogP contribution in [0.25, 0.3) is 6.08 Å². The fraction of sp³-hybridized carbons (Fsp3) is 0.464. The van der Waals surface area contributed by atoms with E-state index in [0.717, 1.165) is 11.0 Å². The average Bonchev–Trinajstić information content (AvgIpc) is 3.17. The van der Waals surface area contributed by atoms with Gasteiger partial charge < -0.3 is 0 Å². The predicted molar refractivity (Wildman–Crippen MR) is 140 cm³/mol. The monoisotopic (exact) mass is 474 g/mol. The van der Waals surface area contributed by atoms with E-state index in [2.05, 4.69) is 6.47 Å². The molecule has 0 saturated carbocycles. The molecule has 1 aromatic carbocycles. The van der Waals surface area contributed by atoms with Crippen molar-refractivity contribution < 1.29 is 19.1 Å². The first kappa shape index (κ1) is 26.5. The van der Waals surface area contributed by atoms with Crippen molar-refractivity contribution in [1.29, 1.82) is 0 Å². The van der Waals surface area contributed by atoms with Crippen molar-refractivity contribution in [2.75, 3.05) is 6.61 Å². The van der Waals surface area contributed by atoms with Crippen LogP contribution in [0.4, 0.5) is 0 Å². The fourth-order valence-electron chi connectivity index (χ4n) is 4.66. The number of nitrogens with zero attached hydrogens (tertiary/aromatic N) is 2. The molecular formula is C28H35BN2O4. The molecule has 184 valence electrons. The van der Waals surface area contributed by atoms with Gasteiger partial charge in [0.15, 0.2) is 0 Å². The number of carbonyl (C=O) groups is 3. The summed E-state index contributed by atoms with van der Waals surface area (Å²) in [5.41, 5.74) is 3.16. The van der Waals surface area contributed by atoms with Crippen LogP contribution in [0.15, 0.2) is 30.3 Å². The van der Waals surface area contributed by atoms with E-state index in [1.54, 1.807) is 19.9 Å². The Kier molecular flexibility index (Phi) is 8.76. The van der Waals surface area contributed by atoms with Crippen molar-refractivity contribution >= 4 is 42.5 Å². The number of hydrogen-bond donors (Lipinski definition) is 0. The third kappa shape index (κ3) is 6.13. The number of carbonyl (C=O) groups excluding carboxylic acids is 3. The first-order valence-corrected chi connectivity index (χ1v) is 12.4. The van der Waals surface area contributed by atoms with Gasteiger partial charge in [-0.25, -0.2) is 0 Å². The van der Waals surface area contributed by atoms with E-state index in [1.807, 2.05) is 56.5 Å². The molecule has 1 aromatic heterocycles. The standard InChI is InChI=1S/C28H35BN2O4/c1-7-35-26(33)12-11-25-30-23-13-18(4)19(5)28(34)22(17(2)3)15-24(32)27(23)31(25)16-20-9-8-10-21(14-20)29-6/h8-12,14,17-19,22H,6-7,13,15-16H2,1-5H3. The number of ether oxygens (including phenoxy) is 1. The molecule has 0 bridgehead atoms. The van der Waals surface area contributed by atoms with Gasteiger partial charge in [-0.05, 0) is 0 Å². The summed E-state index contributed by atoms with van der Waals surface area (Å²) in [5, 5.41) is 0. The first-order valence-electron chi connectivity index (χ1n) is 12.4.